The number of H-pyrrole nitrogens is 1. The van der Waals surface area contributed by atoms with Crippen LogP contribution < -0.4 is 16.4 Å². The summed E-state index contributed by atoms with van der Waals surface area (Å²) in [6, 6.07) is 6.66. The number of benzene rings is 1. The molecule has 3 N–H and O–H groups in total. The largest absolute Gasteiger partial charge is 0.290 e. The van der Waals surface area contributed by atoms with Crippen LogP contribution >= 0.6 is 0 Å². The molecular weight excluding hydrogens is 296 g/mol. The highest BCUT2D eigenvalue weighted by Crippen LogP contribution is 2.19. The molecule has 1 aliphatic carbocycles. The Labute approximate surface area is 131 Å². The van der Waals surface area contributed by atoms with E-state index in [0.29, 0.717) is 17.2 Å². The van der Waals surface area contributed by atoms with E-state index in [4.69, 9.17) is 0 Å². The van der Waals surface area contributed by atoms with Crippen LogP contribution in [0.25, 0.3) is 10.8 Å². The van der Waals surface area contributed by atoms with Gasteiger partial charge in [-0.3, -0.25) is 25.2 Å². The maximum absolute atomic E-state index is 12.2. The summed E-state index contributed by atoms with van der Waals surface area (Å²) in [5.41, 5.74) is 4.41. The Kier molecular flexibility index (Phi) is 4.18. The van der Waals surface area contributed by atoms with Crippen molar-refractivity contribution in [1.82, 2.24) is 21.0 Å². The van der Waals surface area contributed by atoms with E-state index in [-0.39, 0.29) is 23.1 Å². The molecule has 1 aliphatic rings. The zero-order valence-electron chi connectivity index (χ0n) is 12.3. The number of hydrogen-bond donors (Lipinski definition) is 3. The van der Waals surface area contributed by atoms with E-state index >= 15 is 0 Å². The van der Waals surface area contributed by atoms with Gasteiger partial charge in [0.1, 0.15) is 0 Å². The standard InChI is InChI=1S/C16H16N4O3/c21-13(9-10-5-1-2-6-10)17-20-16(23)14-11-7-3-4-8-12(11)15(22)19-18-14/h1,3-5,7-8,10H,2,6,9H2,(H,17,21)(H,19,22)(H,20,23). The van der Waals surface area contributed by atoms with Gasteiger partial charge < -0.3 is 0 Å². The van der Waals surface area contributed by atoms with Crippen molar-refractivity contribution in [3.63, 3.8) is 0 Å². The minimum atomic E-state index is -0.576. The third-order valence-electron chi connectivity index (χ3n) is 3.79. The average Bonchev–Trinajstić information content (AvgIpc) is 3.06. The first kappa shape index (κ1) is 15.0. The van der Waals surface area contributed by atoms with Crippen molar-refractivity contribution in [3.05, 3.63) is 52.5 Å². The molecule has 0 saturated heterocycles. The molecule has 1 aromatic heterocycles. The minimum Gasteiger partial charge on any atom is -0.273 e. The number of nitrogens with zero attached hydrogens (tertiary/aromatic N) is 1. The molecule has 0 aliphatic heterocycles. The van der Waals surface area contributed by atoms with E-state index in [9.17, 15) is 14.4 Å². The number of hydrogen-bond acceptors (Lipinski definition) is 4. The van der Waals surface area contributed by atoms with Gasteiger partial charge in [0.05, 0.1) is 5.39 Å². The highest BCUT2D eigenvalue weighted by atomic mass is 16.2. The van der Waals surface area contributed by atoms with E-state index in [0.717, 1.165) is 12.8 Å². The summed E-state index contributed by atoms with van der Waals surface area (Å²) in [4.78, 5) is 35.7. The first-order valence-electron chi connectivity index (χ1n) is 7.38. The van der Waals surface area contributed by atoms with Gasteiger partial charge >= 0.3 is 0 Å². The number of aromatic nitrogens is 2. The lowest BCUT2D eigenvalue weighted by molar-refractivity contribution is -0.122. The van der Waals surface area contributed by atoms with Crippen molar-refractivity contribution in [2.24, 2.45) is 5.92 Å². The summed E-state index contributed by atoms with van der Waals surface area (Å²) in [7, 11) is 0. The van der Waals surface area contributed by atoms with E-state index in [1.807, 2.05) is 12.2 Å². The quantitative estimate of drug-likeness (QED) is 0.582. The number of rotatable bonds is 3. The Balaban J connectivity index is 1.69. The van der Waals surface area contributed by atoms with Crippen LogP contribution in [-0.2, 0) is 4.79 Å². The topological polar surface area (TPSA) is 104 Å². The number of carbonyl (C=O) groups is 2. The number of hydrazine groups is 1. The summed E-state index contributed by atoms with van der Waals surface area (Å²) in [6.45, 7) is 0. The van der Waals surface area contributed by atoms with Crippen LogP contribution in [0.2, 0.25) is 0 Å². The number of fused-ring (bicyclic) bond motifs is 1. The van der Waals surface area contributed by atoms with Crippen LogP contribution in [0.1, 0.15) is 29.8 Å². The Morgan fingerprint density at radius 1 is 1.22 bits per heavy atom. The normalized spacial score (nSPS) is 16.4. The van der Waals surface area contributed by atoms with Gasteiger partial charge in [-0.2, -0.15) is 5.10 Å². The molecule has 1 heterocycles. The third-order valence-corrected chi connectivity index (χ3v) is 3.79. The van der Waals surface area contributed by atoms with Crippen LogP contribution in [0, 0.1) is 5.92 Å². The summed E-state index contributed by atoms with van der Waals surface area (Å²) in [5, 5.41) is 6.86. The molecule has 0 spiro atoms. The molecule has 1 unspecified atom stereocenters. The van der Waals surface area contributed by atoms with Crippen LogP contribution in [0.15, 0.2) is 41.2 Å². The van der Waals surface area contributed by atoms with Crippen LogP contribution in [0.3, 0.4) is 0 Å². The van der Waals surface area contributed by atoms with Gasteiger partial charge in [0.25, 0.3) is 11.5 Å². The molecule has 0 radical (unpaired) electrons. The molecular formula is C16H16N4O3. The average molecular weight is 312 g/mol. The second-order valence-corrected chi connectivity index (χ2v) is 5.42. The summed E-state index contributed by atoms with van der Waals surface area (Å²) in [6.07, 6.45) is 6.33. The zero-order chi connectivity index (χ0) is 16.2. The third kappa shape index (κ3) is 3.28. The molecule has 3 rings (SSSR count). The van der Waals surface area contributed by atoms with Gasteiger partial charge in [-0.05, 0) is 24.8 Å². The Morgan fingerprint density at radius 3 is 2.74 bits per heavy atom. The Bertz CT molecular complexity index is 841. The maximum Gasteiger partial charge on any atom is 0.290 e. The van der Waals surface area contributed by atoms with Gasteiger partial charge in [-0.25, -0.2) is 5.10 Å². The first-order chi connectivity index (χ1) is 11.1. The number of carbonyl (C=O) groups excluding carboxylic acids is 2. The molecule has 2 aromatic rings. The minimum absolute atomic E-state index is 0.0567. The fourth-order valence-corrected chi connectivity index (χ4v) is 2.63. The fourth-order valence-electron chi connectivity index (χ4n) is 2.63. The second kappa shape index (κ2) is 6.43. The van der Waals surface area contributed by atoms with E-state index in [2.05, 4.69) is 21.0 Å². The Morgan fingerprint density at radius 2 is 2.00 bits per heavy atom. The van der Waals surface area contributed by atoms with E-state index < -0.39 is 5.91 Å². The number of aromatic amines is 1. The Hall–Kier alpha value is -2.96. The lowest BCUT2D eigenvalue weighted by Gasteiger charge is -2.10. The highest BCUT2D eigenvalue weighted by Gasteiger charge is 2.17. The smallest absolute Gasteiger partial charge is 0.273 e. The fraction of sp³-hybridized carbons (Fsp3) is 0.250. The van der Waals surface area contributed by atoms with Gasteiger partial charge in [-0.15, -0.1) is 0 Å². The van der Waals surface area contributed by atoms with Crippen molar-refractivity contribution < 1.29 is 9.59 Å². The van der Waals surface area contributed by atoms with Crippen molar-refractivity contribution in [3.8, 4) is 0 Å². The van der Waals surface area contributed by atoms with E-state index in [1.54, 1.807) is 24.3 Å². The predicted molar refractivity (Wildman–Crippen MR) is 84.5 cm³/mol. The zero-order valence-corrected chi connectivity index (χ0v) is 12.3. The van der Waals surface area contributed by atoms with Gasteiger partial charge in [-0.1, -0.05) is 30.4 Å². The number of nitrogens with one attached hydrogen (secondary N) is 3. The molecule has 7 nitrogen and oxygen atoms in total. The monoisotopic (exact) mass is 312 g/mol. The maximum atomic E-state index is 12.2. The summed E-state index contributed by atoms with van der Waals surface area (Å²) in [5.74, 6) is -0.615. The van der Waals surface area contributed by atoms with Crippen LogP contribution in [0.4, 0.5) is 0 Å². The van der Waals surface area contributed by atoms with Crippen LogP contribution in [-0.4, -0.2) is 22.0 Å². The van der Waals surface area contributed by atoms with Gasteiger partial charge in [0.2, 0.25) is 5.91 Å². The molecule has 0 bridgehead atoms. The lowest BCUT2D eigenvalue weighted by Crippen LogP contribution is -2.42. The second-order valence-electron chi connectivity index (χ2n) is 5.42. The predicted octanol–water partition coefficient (Wildman–Crippen LogP) is 1.04. The molecule has 7 heteroatoms. The molecule has 1 atom stereocenters. The molecule has 23 heavy (non-hydrogen) atoms. The summed E-state index contributed by atoms with van der Waals surface area (Å²) >= 11 is 0. The van der Waals surface area contributed by atoms with E-state index in [1.165, 1.54) is 0 Å². The van der Waals surface area contributed by atoms with Crippen molar-refractivity contribution in [2.45, 2.75) is 19.3 Å². The SMILES string of the molecule is O=C(CC1C=CCC1)NNC(=O)c1n[nH]c(=O)c2ccccc12. The van der Waals surface area contributed by atoms with Crippen LogP contribution in [0.5, 0.6) is 0 Å². The lowest BCUT2D eigenvalue weighted by atomic mass is 10.1. The number of allylic oxidation sites excluding steroid dienone is 2. The first-order valence-corrected chi connectivity index (χ1v) is 7.38. The van der Waals surface area contributed by atoms with Gasteiger partial charge in [0.15, 0.2) is 5.69 Å². The molecule has 1 aromatic carbocycles. The van der Waals surface area contributed by atoms with Crippen molar-refractivity contribution in [1.29, 1.82) is 0 Å². The van der Waals surface area contributed by atoms with Crippen molar-refractivity contribution in [2.75, 3.05) is 0 Å². The molecule has 0 saturated carbocycles. The number of amides is 2. The highest BCUT2D eigenvalue weighted by molar-refractivity contribution is 6.05. The van der Waals surface area contributed by atoms with Gasteiger partial charge in [0, 0.05) is 11.8 Å². The molecule has 2 amide bonds. The molecule has 0 fully saturated rings. The molecule has 118 valence electrons. The summed E-state index contributed by atoms with van der Waals surface area (Å²) < 4.78 is 0. The van der Waals surface area contributed by atoms with Crippen molar-refractivity contribution >= 4 is 22.6 Å².